The van der Waals surface area contributed by atoms with Crippen LogP contribution < -0.4 is 0 Å². The molecule has 122 valence electrons. The second-order valence-electron chi connectivity index (χ2n) is 6.36. The van der Waals surface area contributed by atoms with Gasteiger partial charge >= 0.3 is 5.97 Å². The molecule has 0 aromatic heterocycles. The van der Waals surface area contributed by atoms with E-state index in [2.05, 4.69) is 39.0 Å². The smallest absolute Gasteiger partial charge is 0.334 e. The van der Waals surface area contributed by atoms with Crippen molar-refractivity contribution in [3.05, 3.63) is 53.6 Å². The summed E-state index contributed by atoms with van der Waals surface area (Å²) in [7, 11) is 0. The average Bonchev–Trinajstić information content (AvgIpc) is 2.51. The minimum absolute atomic E-state index is 0.102. The lowest BCUT2D eigenvalue weighted by atomic mass is 10.0. The Morgan fingerprint density at radius 1 is 1.13 bits per heavy atom. The van der Waals surface area contributed by atoms with E-state index >= 15 is 0 Å². The molecule has 0 aliphatic carbocycles. The fourth-order valence-electron chi connectivity index (χ4n) is 2.24. The van der Waals surface area contributed by atoms with Crippen molar-refractivity contribution < 1.29 is 9.53 Å². The van der Waals surface area contributed by atoms with E-state index in [1.54, 1.807) is 11.8 Å². The summed E-state index contributed by atoms with van der Waals surface area (Å²) in [5.41, 5.74) is 1.77. The number of thioether (sulfide) groups is 1. The van der Waals surface area contributed by atoms with Crippen LogP contribution in [0.5, 0.6) is 0 Å². The standard InChI is InChI=1S/C20H24O2S/c1-5-22-19(21)17(14-23-20(2,3)4)13-16-11-8-10-15-9-6-7-12-18(15)16/h6-13H,5,14H2,1-4H3/b17-13+. The summed E-state index contributed by atoms with van der Waals surface area (Å²) in [6.07, 6.45) is 1.97. The Balaban J connectivity index is 2.39. The predicted molar refractivity (Wildman–Crippen MR) is 101 cm³/mol. The first-order valence-electron chi connectivity index (χ1n) is 7.90. The van der Waals surface area contributed by atoms with Crippen LogP contribution in [0, 0.1) is 0 Å². The van der Waals surface area contributed by atoms with Crippen LogP contribution >= 0.6 is 11.8 Å². The van der Waals surface area contributed by atoms with Gasteiger partial charge in [0.15, 0.2) is 0 Å². The van der Waals surface area contributed by atoms with Crippen molar-refractivity contribution in [1.29, 1.82) is 0 Å². The van der Waals surface area contributed by atoms with Gasteiger partial charge in [-0.05, 0) is 29.3 Å². The number of esters is 1. The Bertz CT molecular complexity index is 706. The molecule has 0 N–H and O–H groups in total. The Kier molecular flexibility index (Phi) is 5.89. The normalized spacial score (nSPS) is 12.4. The van der Waals surface area contributed by atoms with Crippen LogP contribution in [-0.4, -0.2) is 23.1 Å². The molecule has 0 saturated carbocycles. The third-order valence-electron chi connectivity index (χ3n) is 3.35. The molecule has 0 aliphatic rings. The number of carbonyl (C=O) groups excluding carboxylic acids is 1. The molecule has 0 heterocycles. The third-order valence-corrected chi connectivity index (χ3v) is 4.67. The summed E-state index contributed by atoms with van der Waals surface area (Å²) < 4.78 is 5.33. The maximum Gasteiger partial charge on any atom is 0.334 e. The molecule has 2 aromatic rings. The van der Waals surface area contributed by atoms with Crippen LogP contribution in [0.25, 0.3) is 16.8 Å². The van der Waals surface area contributed by atoms with Crippen molar-refractivity contribution in [3.63, 3.8) is 0 Å². The van der Waals surface area contributed by atoms with Gasteiger partial charge in [-0.2, -0.15) is 11.8 Å². The largest absolute Gasteiger partial charge is 0.463 e. The van der Waals surface area contributed by atoms with E-state index in [1.807, 2.05) is 37.3 Å². The summed E-state index contributed by atoms with van der Waals surface area (Å²) in [5, 5.41) is 2.32. The minimum atomic E-state index is -0.225. The summed E-state index contributed by atoms with van der Waals surface area (Å²) in [4.78, 5) is 12.3. The van der Waals surface area contributed by atoms with Crippen LogP contribution in [0.3, 0.4) is 0 Å². The molecule has 0 amide bonds. The fourth-order valence-corrected chi connectivity index (χ4v) is 3.03. The lowest BCUT2D eigenvalue weighted by Crippen LogP contribution is -2.14. The Labute approximate surface area is 142 Å². The van der Waals surface area contributed by atoms with Gasteiger partial charge in [0, 0.05) is 16.1 Å². The molecule has 0 spiro atoms. The molecule has 0 radical (unpaired) electrons. The fraction of sp³-hybridized carbons (Fsp3) is 0.350. The first kappa shape index (κ1) is 17.6. The highest BCUT2D eigenvalue weighted by Gasteiger charge is 2.17. The first-order chi connectivity index (χ1) is 10.9. The van der Waals surface area contributed by atoms with Crippen molar-refractivity contribution in [2.75, 3.05) is 12.4 Å². The van der Waals surface area contributed by atoms with E-state index in [-0.39, 0.29) is 10.7 Å². The van der Waals surface area contributed by atoms with Crippen molar-refractivity contribution in [3.8, 4) is 0 Å². The van der Waals surface area contributed by atoms with Gasteiger partial charge in [-0.1, -0.05) is 63.2 Å². The van der Waals surface area contributed by atoms with Gasteiger partial charge in [0.2, 0.25) is 0 Å². The molecular formula is C20H24O2S. The Morgan fingerprint density at radius 3 is 2.52 bits per heavy atom. The van der Waals surface area contributed by atoms with E-state index in [9.17, 15) is 4.79 Å². The highest BCUT2D eigenvalue weighted by atomic mass is 32.2. The Morgan fingerprint density at radius 2 is 1.83 bits per heavy atom. The van der Waals surface area contributed by atoms with Gasteiger partial charge in [0.05, 0.1) is 6.61 Å². The predicted octanol–water partition coefficient (Wildman–Crippen LogP) is 5.32. The van der Waals surface area contributed by atoms with E-state index < -0.39 is 0 Å². The van der Waals surface area contributed by atoms with E-state index in [1.165, 1.54) is 5.39 Å². The van der Waals surface area contributed by atoms with Crippen molar-refractivity contribution in [2.24, 2.45) is 0 Å². The number of rotatable bonds is 5. The lowest BCUT2D eigenvalue weighted by Gasteiger charge is -2.18. The monoisotopic (exact) mass is 328 g/mol. The number of ether oxygens (including phenoxy) is 1. The topological polar surface area (TPSA) is 26.3 Å². The van der Waals surface area contributed by atoms with Gasteiger partial charge in [-0.15, -0.1) is 0 Å². The average molecular weight is 328 g/mol. The van der Waals surface area contributed by atoms with E-state index in [4.69, 9.17) is 4.74 Å². The van der Waals surface area contributed by atoms with Gasteiger partial charge in [0.25, 0.3) is 0 Å². The maximum absolute atomic E-state index is 12.3. The SMILES string of the molecule is CCOC(=O)/C(=C/c1cccc2ccccc12)CSC(C)(C)C. The maximum atomic E-state index is 12.3. The molecular weight excluding hydrogens is 304 g/mol. The van der Waals surface area contributed by atoms with Crippen LogP contribution in [0.1, 0.15) is 33.3 Å². The number of fused-ring (bicyclic) bond motifs is 1. The number of hydrogen-bond donors (Lipinski definition) is 0. The molecule has 0 fully saturated rings. The molecule has 2 rings (SSSR count). The van der Waals surface area contributed by atoms with Crippen molar-refractivity contribution in [1.82, 2.24) is 0 Å². The lowest BCUT2D eigenvalue weighted by molar-refractivity contribution is -0.138. The Hall–Kier alpha value is -1.74. The molecule has 0 unspecified atom stereocenters. The third kappa shape index (κ3) is 5.14. The summed E-state index contributed by atoms with van der Waals surface area (Å²) in [5.74, 6) is 0.420. The van der Waals surface area contributed by atoms with Gasteiger partial charge in [-0.25, -0.2) is 4.79 Å². The van der Waals surface area contributed by atoms with Gasteiger partial charge in [0.1, 0.15) is 0 Å². The van der Waals surface area contributed by atoms with Crippen LogP contribution in [0.4, 0.5) is 0 Å². The van der Waals surface area contributed by atoms with Crippen molar-refractivity contribution >= 4 is 34.6 Å². The number of benzene rings is 2. The highest BCUT2D eigenvalue weighted by molar-refractivity contribution is 8.00. The molecule has 3 heteroatoms. The molecule has 0 bridgehead atoms. The van der Waals surface area contributed by atoms with E-state index in [0.717, 1.165) is 10.9 Å². The number of hydrogen-bond acceptors (Lipinski definition) is 3. The molecule has 0 atom stereocenters. The first-order valence-corrected chi connectivity index (χ1v) is 8.88. The number of carbonyl (C=O) groups is 1. The second-order valence-corrected chi connectivity index (χ2v) is 8.16. The molecule has 2 nitrogen and oxygen atoms in total. The van der Waals surface area contributed by atoms with Gasteiger partial charge < -0.3 is 4.74 Å². The van der Waals surface area contributed by atoms with E-state index in [0.29, 0.717) is 17.9 Å². The second kappa shape index (κ2) is 7.69. The summed E-state index contributed by atoms with van der Waals surface area (Å²) >= 11 is 1.75. The molecule has 2 aromatic carbocycles. The molecule has 23 heavy (non-hydrogen) atoms. The minimum Gasteiger partial charge on any atom is -0.463 e. The van der Waals surface area contributed by atoms with Crippen molar-refractivity contribution in [2.45, 2.75) is 32.4 Å². The zero-order valence-electron chi connectivity index (χ0n) is 14.3. The molecule has 0 saturated heterocycles. The quantitative estimate of drug-likeness (QED) is 0.549. The molecule has 0 aliphatic heterocycles. The summed E-state index contributed by atoms with van der Waals surface area (Å²) in [6.45, 7) is 8.69. The zero-order valence-corrected chi connectivity index (χ0v) is 15.1. The van der Waals surface area contributed by atoms with Crippen LogP contribution in [-0.2, 0) is 9.53 Å². The van der Waals surface area contributed by atoms with Crippen LogP contribution in [0.2, 0.25) is 0 Å². The zero-order chi connectivity index (χ0) is 16.9. The summed E-state index contributed by atoms with van der Waals surface area (Å²) in [6, 6.07) is 14.4. The van der Waals surface area contributed by atoms with Crippen LogP contribution in [0.15, 0.2) is 48.0 Å². The van der Waals surface area contributed by atoms with Gasteiger partial charge in [-0.3, -0.25) is 0 Å². The highest BCUT2D eigenvalue weighted by Crippen LogP contribution is 2.28.